The van der Waals surface area contributed by atoms with Crippen LogP contribution in [-0.4, -0.2) is 63.8 Å². The van der Waals surface area contributed by atoms with Crippen LogP contribution in [0.3, 0.4) is 0 Å². The Labute approximate surface area is 138 Å². The Morgan fingerprint density at radius 2 is 2.13 bits per heavy atom. The zero-order chi connectivity index (χ0) is 16.2. The zero-order valence-electron chi connectivity index (χ0n) is 14.2. The van der Waals surface area contributed by atoms with Crippen LogP contribution in [0.2, 0.25) is 0 Å². The Morgan fingerprint density at radius 1 is 1.35 bits per heavy atom. The molecule has 2 aliphatic rings. The number of nitrogens with one attached hydrogen (secondary N) is 1. The summed E-state index contributed by atoms with van der Waals surface area (Å²) in [6.07, 6.45) is 1.05. The van der Waals surface area contributed by atoms with Crippen LogP contribution in [0.15, 0.2) is 18.2 Å². The summed E-state index contributed by atoms with van der Waals surface area (Å²) in [5, 5.41) is 3.04. The maximum Gasteiger partial charge on any atom is 0.251 e. The molecular formula is C18H27N3O2. The van der Waals surface area contributed by atoms with Gasteiger partial charge in [-0.2, -0.15) is 0 Å². The summed E-state index contributed by atoms with van der Waals surface area (Å²) in [5.74, 6) is 0.661. The number of rotatable bonds is 4. The number of morpholine rings is 1. The first-order valence-electron chi connectivity index (χ1n) is 8.56. The topological polar surface area (TPSA) is 44.8 Å². The maximum atomic E-state index is 12.4. The smallest absolute Gasteiger partial charge is 0.251 e. The van der Waals surface area contributed by atoms with Crippen LogP contribution in [0.4, 0.5) is 5.69 Å². The summed E-state index contributed by atoms with van der Waals surface area (Å²) in [7, 11) is 2.12. The first kappa shape index (κ1) is 16.3. The van der Waals surface area contributed by atoms with Crippen LogP contribution in [0.25, 0.3) is 0 Å². The van der Waals surface area contributed by atoms with E-state index in [-0.39, 0.29) is 5.91 Å². The molecule has 0 aromatic heterocycles. The minimum Gasteiger partial charge on any atom is -0.379 e. The molecule has 0 spiro atoms. The van der Waals surface area contributed by atoms with E-state index in [1.165, 1.54) is 11.3 Å². The van der Waals surface area contributed by atoms with E-state index < -0.39 is 0 Å². The molecule has 126 valence electrons. The monoisotopic (exact) mass is 317 g/mol. The average Bonchev–Trinajstić information content (AvgIpc) is 2.55. The summed E-state index contributed by atoms with van der Waals surface area (Å²) < 4.78 is 5.33. The van der Waals surface area contributed by atoms with Crippen molar-refractivity contribution in [3.63, 3.8) is 0 Å². The summed E-state index contributed by atoms with van der Waals surface area (Å²) in [6, 6.07) is 6.08. The highest BCUT2D eigenvalue weighted by Crippen LogP contribution is 2.29. The number of hydrogen-bond donors (Lipinski definition) is 1. The molecule has 1 aromatic carbocycles. The van der Waals surface area contributed by atoms with Crippen molar-refractivity contribution in [3.05, 3.63) is 29.3 Å². The number of carbonyl (C=O) groups excluding carboxylic acids is 1. The van der Waals surface area contributed by atoms with Crippen LogP contribution < -0.4 is 10.2 Å². The molecule has 1 unspecified atom stereocenters. The molecule has 1 aromatic rings. The fraction of sp³-hybridized carbons (Fsp3) is 0.611. The number of amides is 1. The molecule has 0 radical (unpaired) electrons. The molecule has 1 amide bonds. The van der Waals surface area contributed by atoms with Gasteiger partial charge in [0.1, 0.15) is 0 Å². The van der Waals surface area contributed by atoms with Gasteiger partial charge in [0, 0.05) is 51.0 Å². The van der Waals surface area contributed by atoms with Crippen LogP contribution >= 0.6 is 0 Å². The van der Waals surface area contributed by atoms with E-state index >= 15 is 0 Å². The number of nitrogens with zero attached hydrogens (tertiary/aromatic N) is 2. The van der Waals surface area contributed by atoms with Crippen LogP contribution in [0, 0.1) is 5.92 Å². The van der Waals surface area contributed by atoms with Crippen molar-refractivity contribution in [2.45, 2.75) is 13.3 Å². The Morgan fingerprint density at radius 3 is 2.91 bits per heavy atom. The number of fused-ring (bicyclic) bond motifs is 1. The van der Waals surface area contributed by atoms with E-state index in [1.54, 1.807) is 0 Å². The van der Waals surface area contributed by atoms with Crippen molar-refractivity contribution in [3.8, 4) is 0 Å². The van der Waals surface area contributed by atoms with E-state index in [9.17, 15) is 4.79 Å². The minimum atomic E-state index is 0.0296. The van der Waals surface area contributed by atoms with Gasteiger partial charge in [-0.3, -0.25) is 9.69 Å². The zero-order valence-corrected chi connectivity index (χ0v) is 14.2. The number of anilines is 1. The molecule has 2 aliphatic heterocycles. The van der Waals surface area contributed by atoms with E-state index in [0.717, 1.165) is 51.4 Å². The lowest BCUT2D eigenvalue weighted by atomic mass is 9.93. The van der Waals surface area contributed by atoms with Gasteiger partial charge in [-0.25, -0.2) is 0 Å². The summed E-state index contributed by atoms with van der Waals surface area (Å²) in [6.45, 7) is 8.42. The predicted molar refractivity (Wildman–Crippen MR) is 92.2 cm³/mol. The van der Waals surface area contributed by atoms with Crippen molar-refractivity contribution in [1.29, 1.82) is 0 Å². The molecule has 0 bridgehead atoms. The third-order valence-corrected chi connectivity index (χ3v) is 4.72. The lowest BCUT2D eigenvalue weighted by molar-refractivity contribution is 0.0383. The number of ether oxygens (including phenoxy) is 1. The molecule has 5 nitrogen and oxygen atoms in total. The Hall–Kier alpha value is -1.59. The first-order valence-corrected chi connectivity index (χ1v) is 8.56. The molecule has 5 heteroatoms. The van der Waals surface area contributed by atoms with Crippen LogP contribution in [-0.2, 0) is 11.2 Å². The van der Waals surface area contributed by atoms with Crippen molar-refractivity contribution in [1.82, 2.24) is 10.2 Å². The number of benzene rings is 1. The minimum absolute atomic E-state index is 0.0296. The summed E-state index contributed by atoms with van der Waals surface area (Å²) in [4.78, 5) is 17.0. The lowest BCUT2D eigenvalue weighted by Gasteiger charge is -2.32. The van der Waals surface area contributed by atoms with Crippen LogP contribution in [0.5, 0.6) is 0 Å². The first-order chi connectivity index (χ1) is 11.1. The quantitative estimate of drug-likeness (QED) is 0.911. The SMILES string of the molecule is CC1Cc2cc(C(=O)NCCN3CCOCC3)ccc2N(C)C1. The molecular weight excluding hydrogens is 290 g/mol. The molecule has 3 rings (SSSR count). The Kier molecular flexibility index (Phi) is 5.18. The van der Waals surface area contributed by atoms with Gasteiger partial charge in [-0.15, -0.1) is 0 Å². The lowest BCUT2D eigenvalue weighted by Crippen LogP contribution is -2.41. The molecule has 0 saturated carbocycles. The van der Waals surface area contributed by atoms with Crippen LogP contribution in [0.1, 0.15) is 22.8 Å². The molecule has 23 heavy (non-hydrogen) atoms. The van der Waals surface area contributed by atoms with Crippen molar-refractivity contribution >= 4 is 11.6 Å². The molecule has 0 aliphatic carbocycles. The highest BCUT2D eigenvalue weighted by molar-refractivity contribution is 5.95. The number of carbonyl (C=O) groups is 1. The van der Waals surface area contributed by atoms with E-state index in [2.05, 4.69) is 41.2 Å². The molecule has 1 N–H and O–H groups in total. The van der Waals surface area contributed by atoms with Gasteiger partial charge < -0.3 is 15.0 Å². The fourth-order valence-corrected chi connectivity index (χ4v) is 3.52. The van der Waals surface area contributed by atoms with Gasteiger partial charge in [0.05, 0.1) is 13.2 Å². The Balaban J connectivity index is 1.56. The third kappa shape index (κ3) is 4.03. The van der Waals surface area contributed by atoms with Gasteiger partial charge in [0.25, 0.3) is 5.91 Å². The molecule has 2 heterocycles. The van der Waals surface area contributed by atoms with Gasteiger partial charge in [-0.1, -0.05) is 6.92 Å². The predicted octanol–water partition coefficient (Wildman–Crippen LogP) is 1.38. The second-order valence-electron chi connectivity index (χ2n) is 6.74. The second kappa shape index (κ2) is 7.32. The normalized spacial score (nSPS) is 21.8. The van der Waals surface area contributed by atoms with E-state index in [0.29, 0.717) is 12.5 Å². The Bertz CT molecular complexity index is 555. The largest absolute Gasteiger partial charge is 0.379 e. The van der Waals surface area contributed by atoms with Gasteiger partial charge in [0.2, 0.25) is 0 Å². The van der Waals surface area contributed by atoms with Crippen molar-refractivity contribution in [2.75, 3.05) is 57.9 Å². The van der Waals surface area contributed by atoms with Gasteiger partial charge >= 0.3 is 0 Å². The second-order valence-corrected chi connectivity index (χ2v) is 6.74. The highest BCUT2D eigenvalue weighted by atomic mass is 16.5. The standard InChI is InChI=1S/C18H27N3O2/c1-14-11-16-12-15(3-4-17(16)20(2)13-14)18(22)19-5-6-21-7-9-23-10-8-21/h3-4,12,14H,5-11,13H2,1-2H3,(H,19,22). The molecule has 1 saturated heterocycles. The number of hydrogen-bond acceptors (Lipinski definition) is 4. The summed E-state index contributed by atoms with van der Waals surface area (Å²) >= 11 is 0. The van der Waals surface area contributed by atoms with E-state index in [4.69, 9.17) is 4.74 Å². The van der Waals surface area contributed by atoms with E-state index in [1.807, 2.05) is 6.07 Å². The van der Waals surface area contributed by atoms with Crippen molar-refractivity contribution in [2.24, 2.45) is 5.92 Å². The maximum absolute atomic E-state index is 12.4. The van der Waals surface area contributed by atoms with Gasteiger partial charge in [-0.05, 0) is 36.1 Å². The molecule has 1 fully saturated rings. The fourth-order valence-electron chi connectivity index (χ4n) is 3.52. The molecule has 1 atom stereocenters. The average molecular weight is 317 g/mol. The van der Waals surface area contributed by atoms with Gasteiger partial charge in [0.15, 0.2) is 0 Å². The third-order valence-electron chi connectivity index (χ3n) is 4.72. The summed E-state index contributed by atoms with van der Waals surface area (Å²) in [5.41, 5.74) is 3.31. The highest BCUT2D eigenvalue weighted by Gasteiger charge is 2.20. The van der Waals surface area contributed by atoms with Crippen molar-refractivity contribution < 1.29 is 9.53 Å².